The molecular formula is C19H26N2O5S. The molecule has 1 saturated heterocycles. The number of nitrogens with zero attached hydrogens (tertiary/aromatic N) is 1. The van der Waals surface area contributed by atoms with E-state index in [-0.39, 0.29) is 29.7 Å². The highest BCUT2D eigenvalue weighted by atomic mass is 32.2. The fourth-order valence-corrected chi connectivity index (χ4v) is 3.75. The van der Waals surface area contributed by atoms with Gasteiger partial charge in [-0.2, -0.15) is 5.26 Å². The Bertz CT molecular complexity index is 775. The van der Waals surface area contributed by atoms with Gasteiger partial charge in [-0.3, -0.25) is 0 Å². The van der Waals surface area contributed by atoms with Crippen molar-refractivity contribution in [3.8, 4) is 6.07 Å². The first-order valence-electron chi connectivity index (χ1n) is 9.03. The Morgan fingerprint density at radius 2 is 2.07 bits per heavy atom. The lowest BCUT2D eigenvalue weighted by molar-refractivity contribution is 0.0491. The molecule has 8 heteroatoms. The summed E-state index contributed by atoms with van der Waals surface area (Å²) < 4.78 is 37.7. The number of nitriles is 1. The van der Waals surface area contributed by atoms with Gasteiger partial charge in [0.1, 0.15) is 0 Å². The van der Waals surface area contributed by atoms with Crippen LogP contribution in [0.5, 0.6) is 0 Å². The summed E-state index contributed by atoms with van der Waals surface area (Å²) in [4.78, 5) is 12.1. The third-order valence-electron chi connectivity index (χ3n) is 4.41. The summed E-state index contributed by atoms with van der Waals surface area (Å²) in [6.45, 7) is 4.79. The molecular weight excluding hydrogens is 368 g/mol. The van der Waals surface area contributed by atoms with Gasteiger partial charge in [0.2, 0.25) is 10.0 Å². The molecule has 0 spiro atoms. The van der Waals surface area contributed by atoms with E-state index in [0.717, 1.165) is 12.8 Å². The normalized spacial score (nSPS) is 17.4. The largest absolute Gasteiger partial charge is 0.462 e. The van der Waals surface area contributed by atoms with Gasteiger partial charge in [0, 0.05) is 13.2 Å². The van der Waals surface area contributed by atoms with Crippen molar-refractivity contribution in [2.45, 2.75) is 50.5 Å². The maximum Gasteiger partial charge on any atom is 0.338 e. The van der Waals surface area contributed by atoms with Crippen molar-refractivity contribution in [2.24, 2.45) is 5.41 Å². The number of hydrogen-bond acceptors (Lipinski definition) is 6. The highest BCUT2D eigenvalue weighted by molar-refractivity contribution is 7.89. The van der Waals surface area contributed by atoms with E-state index in [4.69, 9.17) is 14.7 Å². The second-order valence-electron chi connectivity index (χ2n) is 7.25. The van der Waals surface area contributed by atoms with Crippen molar-refractivity contribution < 1.29 is 22.7 Å². The number of sulfonamides is 1. The molecule has 1 heterocycles. The monoisotopic (exact) mass is 394 g/mol. The topological polar surface area (TPSA) is 105 Å². The van der Waals surface area contributed by atoms with Crippen LogP contribution in [0.2, 0.25) is 0 Å². The summed E-state index contributed by atoms with van der Waals surface area (Å²) >= 11 is 0. The van der Waals surface area contributed by atoms with Gasteiger partial charge in [0.05, 0.1) is 34.7 Å². The van der Waals surface area contributed by atoms with E-state index in [1.165, 1.54) is 24.3 Å². The van der Waals surface area contributed by atoms with Crippen molar-refractivity contribution in [2.75, 3.05) is 19.8 Å². The lowest BCUT2D eigenvalue weighted by atomic mass is 9.90. The molecule has 1 aliphatic heterocycles. The molecule has 1 atom stereocenters. The second-order valence-corrected chi connectivity index (χ2v) is 9.01. The lowest BCUT2D eigenvalue weighted by Gasteiger charge is -2.14. The van der Waals surface area contributed by atoms with Crippen molar-refractivity contribution in [1.82, 2.24) is 4.72 Å². The highest BCUT2D eigenvalue weighted by Crippen LogP contribution is 2.20. The number of benzene rings is 1. The molecule has 0 radical (unpaired) electrons. The number of carbonyl (C=O) groups is 1. The number of ether oxygens (including phenoxy) is 2. The molecule has 0 aromatic heterocycles. The maximum absolute atomic E-state index is 12.3. The van der Waals surface area contributed by atoms with Crippen LogP contribution in [0, 0.1) is 16.7 Å². The molecule has 0 amide bonds. The predicted octanol–water partition coefficient (Wildman–Crippen LogP) is 2.63. The Labute approximate surface area is 160 Å². The van der Waals surface area contributed by atoms with E-state index in [9.17, 15) is 13.2 Å². The van der Waals surface area contributed by atoms with Crippen molar-refractivity contribution in [3.05, 3.63) is 29.8 Å². The average molecular weight is 394 g/mol. The highest BCUT2D eigenvalue weighted by Gasteiger charge is 2.21. The van der Waals surface area contributed by atoms with Crippen LogP contribution < -0.4 is 4.72 Å². The van der Waals surface area contributed by atoms with Crippen LogP contribution in [0.15, 0.2) is 29.2 Å². The molecule has 0 saturated carbocycles. The van der Waals surface area contributed by atoms with Crippen molar-refractivity contribution >= 4 is 16.0 Å². The summed E-state index contributed by atoms with van der Waals surface area (Å²) in [5.41, 5.74) is -0.161. The molecule has 27 heavy (non-hydrogen) atoms. The molecule has 1 N–H and O–H groups in total. The fraction of sp³-hybridized carbons (Fsp3) is 0.579. The zero-order chi connectivity index (χ0) is 19.9. The number of nitrogens with one attached hydrogen (secondary N) is 1. The number of hydrogen-bond donors (Lipinski definition) is 1. The van der Waals surface area contributed by atoms with Gasteiger partial charge >= 0.3 is 5.97 Å². The molecule has 1 aromatic carbocycles. The Kier molecular flexibility index (Phi) is 7.36. The van der Waals surface area contributed by atoms with Gasteiger partial charge in [-0.1, -0.05) is 0 Å². The van der Waals surface area contributed by atoms with Crippen molar-refractivity contribution in [3.63, 3.8) is 0 Å². The van der Waals surface area contributed by atoms with Gasteiger partial charge in [-0.15, -0.1) is 0 Å². The predicted molar refractivity (Wildman–Crippen MR) is 99.5 cm³/mol. The minimum Gasteiger partial charge on any atom is -0.462 e. The van der Waals surface area contributed by atoms with Crippen LogP contribution in [0.3, 0.4) is 0 Å². The van der Waals surface area contributed by atoms with Crippen molar-refractivity contribution in [1.29, 1.82) is 5.26 Å². The minimum absolute atomic E-state index is 0.0833. The summed E-state index contributed by atoms with van der Waals surface area (Å²) in [7, 11) is -3.64. The third-order valence-corrected chi connectivity index (χ3v) is 5.85. The molecule has 148 valence electrons. The van der Waals surface area contributed by atoms with E-state index in [2.05, 4.69) is 10.8 Å². The smallest absolute Gasteiger partial charge is 0.338 e. The SMILES string of the molecule is CC(C)(C#N)CCCOC(=O)c1ccc(S(=O)(=O)NCC2CCCO2)cc1. The number of carbonyl (C=O) groups excluding carboxylic acids is 1. The van der Waals surface area contributed by atoms with E-state index in [0.29, 0.717) is 19.4 Å². The van der Waals surface area contributed by atoms with Crippen LogP contribution in [0.1, 0.15) is 49.9 Å². The van der Waals surface area contributed by atoms with E-state index in [1.54, 1.807) is 0 Å². The van der Waals surface area contributed by atoms with E-state index < -0.39 is 21.4 Å². The van der Waals surface area contributed by atoms with Crippen LogP contribution in [-0.2, 0) is 19.5 Å². The van der Waals surface area contributed by atoms with Crippen LogP contribution in [-0.4, -0.2) is 40.2 Å². The number of esters is 1. The molecule has 2 rings (SSSR count). The molecule has 1 fully saturated rings. The van der Waals surface area contributed by atoms with Crippen LogP contribution in [0.4, 0.5) is 0 Å². The molecule has 0 bridgehead atoms. The summed E-state index contributed by atoms with van der Waals surface area (Å²) in [5, 5.41) is 8.95. The first kappa shape index (κ1) is 21.4. The first-order valence-corrected chi connectivity index (χ1v) is 10.5. The molecule has 7 nitrogen and oxygen atoms in total. The zero-order valence-electron chi connectivity index (χ0n) is 15.7. The summed E-state index contributed by atoms with van der Waals surface area (Å²) in [6, 6.07) is 7.83. The van der Waals surface area contributed by atoms with Crippen LogP contribution >= 0.6 is 0 Å². The minimum atomic E-state index is -3.64. The van der Waals surface area contributed by atoms with E-state index in [1.807, 2.05) is 13.8 Å². The standard InChI is InChI=1S/C19H26N2O5S/c1-19(2,14-20)10-4-12-26-18(22)15-6-8-17(9-7-15)27(23,24)21-13-16-5-3-11-25-16/h6-9,16,21H,3-5,10-13H2,1-2H3. The molecule has 0 aliphatic carbocycles. The molecule has 1 unspecified atom stereocenters. The Morgan fingerprint density at radius 1 is 1.37 bits per heavy atom. The maximum atomic E-state index is 12.3. The van der Waals surface area contributed by atoms with Gasteiger partial charge in [0.15, 0.2) is 0 Å². The van der Waals surface area contributed by atoms with Gasteiger partial charge in [-0.05, 0) is 63.8 Å². The Morgan fingerprint density at radius 3 is 2.67 bits per heavy atom. The van der Waals surface area contributed by atoms with Gasteiger partial charge in [0.25, 0.3) is 0 Å². The fourth-order valence-electron chi connectivity index (χ4n) is 2.68. The summed E-state index contributed by atoms with van der Waals surface area (Å²) in [6.07, 6.45) is 2.92. The number of rotatable bonds is 9. The van der Waals surface area contributed by atoms with Gasteiger partial charge in [-0.25, -0.2) is 17.9 Å². The van der Waals surface area contributed by atoms with E-state index >= 15 is 0 Å². The van der Waals surface area contributed by atoms with Gasteiger partial charge < -0.3 is 9.47 Å². The lowest BCUT2D eigenvalue weighted by Crippen LogP contribution is -2.31. The first-order chi connectivity index (χ1) is 12.7. The van der Waals surface area contributed by atoms with Crippen LogP contribution in [0.25, 0.3) is 0 Å². The molecule has 1 aliphatic rings. The Balaban J connectivity index is 1.84. The zero-order valence-corrected chi connectivity index (χ0v) is 16.5. The third kappa shape index (κ3) is 6.61. The molecule has 1 aromatic rings. The average Bonchev–Trinajstić information content (AvgIpc) is 3.17. The Hall–Kier alpha value is -1.95. The second kappa shape index (κ2) is 9.31. The summed E-state index contributed by atoms with van der Waals surface area (Å²) in [5.74, 6) is -0.513. The quantitative estimate of drug-likeness (QED) is 0.510.